The Balaban J connectivity index is 2.12. The lowest BCUT2D eigenvalue weighted by Crippen LogP contribution is -2.21. The van der Waals surface area contributed by atoms with Crippen molar-refractivity contribution in [2.45, 2.75) is 0 Å². The molecule has 92 valence electrons. The second-order valence-electron chi connectivity index (χ2n) is 4.54. The number of ether oxygens (including phenoxy) is 2. The molecule has 3 nitrogen and oxygen atoms in total. The van der Waals surface area contributed by atoms with Crippen molar-refractivity contribution in [1.29, 1.82) is 0 Å². The van der Waals surface area contributed by atoms with Crippen LogP contribution in [-0.2, 0) is 0 Å². The largest absolute Gasteiger partial charge is 0.488 e. The Hall–Kier alpha value is -2.55. The number of fused-ring (bicyclic) bond motifs is 3. The quantitative estimate of drug-likeness (QED) is 0.615. The minimum absolute atomic E-state index is 0.506. The maximum Gasteiger partial charge on any atom is 0.154 e. The van der Waals surface area contributed by atoms with E-state index in [2.05, 4.69) is 0 Å². The Labute approximate surface area is 109 Å². The molecule has 2 aliphatic rings. The fourth-order valence-corrected chi connectivity index (χ4v) is 2.54. The average molecular weight is 250 g/mol. The SMILES string of the molecule is O=Cc1c2c(cc3c1=Cc1ccccc1O3)=CCO2. The second-order valence-corrected chi connectivity index (χ2v) is 4.54. The van der Waals surface area contributed by atoms with E-state index in [1.807, 2.05) is 42.5 Å². The van der Waals surface area contributed by atoms with Crippen LogP contribution in [0, 0.1) is 0 Å². The van der Waals surface area contributed by atoms with Gasteiger partial charge in [0.2, 0.25) is 0 Å². The molecule has 0 saturated carbocycles. The summed E-state index contributed by atoms with van der Waals surface area (Å²) in [4.78, 5) is 11.4. The first kappa shape index (κ1) is 10.4. The smallest absolute Gasteiger partial charge is 0.154 e. The van der Waals surface area contributed by atoms with Crippen molar-refractivity contribution in [3.05, 3.63) is 51.9 Å². The summed E-state index contributed by atoms with van der Waals surface area (Å²) in [6.07, 6.45) is 4.76. The third kappa shape index (κ3) is 1.41. The van der Waals surface area contributed by atoms with Crippen molar-refractivity contribution in [2.75, 3.05) is 6.61 Å². The highest BCUT2D eigenvalue weighted by atomic mass is 16.5. The number of rotatable bonds is 1. The van der Waals surface area contributed by atoms with Crippen LogP contribution in [0.4, 0.5) is 0 Å². The first-order valence-electron chi connectivity index (χ1n) is 6.10. The fraction of sp³-hybridized carbons (Fsp3) is 0.0625. The van der Waals surface area contributed by atoms with Gasteiger partial charge in [0, 0.05) is 16.0 Å². The highest BCUT2D eigenvalue weighted by Crippen LogP contribution is 2.29. The Kier molecular flexibility index (Phi) is 2.03. The van der Waals surface area contributed by atoms with Gasteiger partial charge in [0.05, 0.1) is 5.56 Å². The summed E-state index contributed by atoms with van der Waals surface area (Å²) in [5.41, 5.74) is 1.54. The molecular weight excluding hydrogens is 240 g/mol. The van der Waals surface area contributed by atoms with Crippen LogP contribution in [-0.4, -0.2) is 12.9 Å². The highest BCUT2D eigenvalue weighted by molar-refractivity contribution is 5.84. The van der Waals surface area contributed by atoms with Gasteiger partial charge in [-0.15, -0.1) is 0 Å². The maximum absolute atomic E-state index is 11.4. The number of hydrogen-bond donors (Lipinski definition) is 0. The average Bonchev–Trinajstić information content (AvgIpc) is 2.90. The number of benzene rings is 2. The van der Waals surface area contributed by atoms with Gasteiger partial charge in [0.1, 0.15) is 23.9 Å². The van der Waals surface area contributed by atoms with Crippen LogP contribution in [0.25, 0.3) is 12.2 Å². The molecule has 3 heteroatoms. The van der Waals surface area contributed by atoms with Gasteiger partial charge >= 0.3 is 0 Å². The molecule has 4 rings (SSSR count). The van der Waals surface area contributed by atoms with E-state index >= 15 is 0 Å². The van der Waals surface area contributed by atoms with Crippen LogP contribution in [0.2, 0.25) is 0 Å². The van der Waals surface area contributed by atoms with E-state index in [4.69, 9.17) is 9.47 Å². The van der Waals surface area contributed by atoms with Crippen LogP contribution in [0.15, 0.2) is 30.3 Å². The Morgan fingerprint density at radius 2 is 2.05 bits per heavy atom. The highest BCUT2D eigenvalue weighted by Gasteiger charge is 2.19. The van der Waals surface area contributed by atoms with Crippen molar-refractivity contribution in [1.82, 2.24) is 0 Å². The van der Waals surface area contributed by atoms with E-state index in [9.17, 15) is 4.79 Å². The minimum atomic E-state index is 0.506. The van der Waals surface area contributed by atoms with Gasteiger partial charge in [0.15, 0.2) is 6.29 Å². The summed E-state index contributed by atoms with van der Waals surface area (Å²) in [6, 6.07) is 9.69. The third-order valence-electron chi connectivity index (χ3n) is 3.44. The molecule has 19 heavy (non-hydrogen) atoms. The number of carbonyl (C=O) groups excluding carboxylic acids is 1. The van der Waals surface area contributed by atoms with Crippen LogP contribution >= 0.6 is 0 Å². The molecule has 0 bridgehead atoms. The molecule has 0 fully saturated rings. The summed E-state index contributed by atoms with van der Waals surface area (Å²) >= 11 is 0. The van der Waals surface area contributed by atoms with Gasteiger partial charge in [-0.05, 0) is 24.3 Å². The van der Waals surface area contributed by atoms with E-state index in [1.54, 1.807) is 0 Å². The predicted octanol–water partition coefficient (Wildman–Crippen LogP) is 1.61. The molecule has 0 spiro atoms. The van der Waals surface area contributed by atoms with Crippen LogP contribution < -0.4 is 19.9 Å². The van der Waals surface area contributed by atoms with Crippen molar-refractivity contribution in [3.63, 3.8) is 0 Å². The Bertz CT molecular complexity index is 819. The summed E-state index contributed by atoms with van der Waals surface area (Å²) in [5.74, 6) is 2.18. The number of aldehydes is 1. The van der Waals surface area contributed by atoms with Crippen molar-refractivity contribution in [2.24, 2.45) is 0 Å². The predicted molar refractivity (Wildman–Crippen MR) is 71.1 cm³/mol. The van der Waals surface area contributed by atoms with Crippen LogP contribution in [0.3, 0.4) is 0 Å². The monoisotopic (exact) mass is 250 g/mol. The molecule has 0 aliphatic carbocycles. The van der Waals surface area contributed by atoms with E-state index in [1.165, 1.54) is 0 Å². The molecule has 0 unspecified atom stereocenters. The van der Waals surface area contributed by atoms with E-state index < -0.39 is 0 Å². The molecule has 0 saturated heterocycles. The molecule has 2 aromatic rings. The van der Waals surface area contributed by atoms with Gasteiger partial charge in [-0.3, -0.25) is 4.79 Å². The van der Waals surface area contributed by atoms with Crippen molar-refractivity contribution >= 4 is 18.4 Å². The zero-order chi connectivity index (χ0) is 12.8. The van der Waals surface area contributed by atoms with E-state index in [0.29, 0.717) is 23.7 Å². The number of carbonyl (C=O) groups is 1. The molecule has 2 aromatic carbocycles. The fourth-order valence-electron chi connectivity index (χ4n) is 2.54. The van der Waals surface area contributed by atoms with Crippen LogP contribution in [0.5, 0.6) is 17.2 Å². The Morgan fingerprint density at radius 3 is 2.95 bits per heavy atom. The Morgan fingerprint density at radius 1 is 1.16 bits per heavy atom. The molecule has 0 aromatic heterocycles. The van der Waals surface area contributed by atoms with E-state index in [0.717, 1.165) is 28.0 Å². The molecule has 2 aliphatic heterocycles. The first-order valence-corrected chi connectivity index (χ1v) is 6.10. The van der Waals surface area contributed by atoms with Gasteiger partial charge in [-0.2, -0.15) is 0 Å². The van der Waals surface area contributed by atoms with Gasteiger partial charge in [-0.25, -0.2) is 0 Å². The summed E-state index contributed by atoms with van der Waals surface area (Å²) in [6.45, 7) is 0.506. The van der Waals surface area contributed by atoms with Crippen LogP contribution in [0.1, 0.15) is 15.9 Å². The normalized spacial score (nSPS) is 13.9. The zero-order valence-electron chi connectivity index (χ0n) is 10.1. The maximum atomic E-state index is 11.4. The first-order chi connectivity index (χ1) is 9.36. The standard InChI is InChI=1S/C16H10O3/c17-9-13-12-7-10-3-1-2-4-14(10)19-15(12)8-11-5-6-18-16(11)13/h1-5,7-9H,6H2. The van der Waals surface area contributed by atoms with Crippen molar-refractivity contribution < 1.29 is 14.3 Å². The lowest BCUT2D eigenvalue weighted by atomic mass is 10.0. The van der Waals surface area contributed by atoms with Gasteiger partial charge in [-0.1, -0.05) is 18.2 Å². The third-order valence-corrected chi connectivity index (χ3v) is 3.44. The number of para-hydroxylation sites is 1. The summed E-state index contributed by atoms with van der Waals surface area (Å²) < 4.78 is 11.4. The molecule has 2 heterocycles. The van der Waals surface area contributed by atoms with E-state index in [-0.39, 0.29) is 0 Å². The van der Waals surface area contributed by atoms with Gasteiger partial charge in [0.25, 0.3) is 0 Å². The summed E-state index contributed by atoms with van der Waals surface area (Å²) in [5, 5.41) is 1.72. The lowest BCUT2D eigenvalue weighted by molar-refractivity contribution is 0.111. The zero-order valence-corrected chi connectivity index (χ0v) is 10.1. The van der Waals surface area contributed by atoms with Crippen molar-refractivity contribution in [3.8, 4) is 17.2 Å². The molecule has 0 amide bonds. The molecular formula is C16H10O3. The molecule has 0 radical (unpaired) electrons. The van der Waals surface area contributed by atoms with Gasteiger partial charge < -0.3 is 9.47 Å². The molecule has 0 atom stereocenters. The summed E-state index contributed by atoms with van der Waals surface area (Å²) in [7, 11) is 0. The minimum Gasteiger partial charge on any atom is -0.488 e. The number of hydrogen-bond acceptors (Lipinski definition) is 3. The second kappa shape index (κ2) is 3.72. The topological polar surface area (TPSA) is 35.5 Å². The lowest BCUT2D eigenvalue weighted by Gasteiger charge is -2.16. The molecule has 0 N–H and O–H groups in total.